The molecule has 0 radical (unpaired) electrons. The molecule has 4 rings (SSSR count). The zero-order valence-corrected chi connectivity index (χ0v) is 18.0. The molecule has 8 nitrogen and oxygen atoms in total. The molecule has 0 aliphatic carbocycles. The van der Waals surface area contributed by atoms with Crippen LogP contribution in [0.25, 0.3) is 11.4 Å². The zero-order chi connectivity index (χ0) is 22.0. The third kappa shape index (κ3) is 4.19. The number of aliphatic imine (C=N–C) groups is 2. The van der Waals surface area contributed by atoms with Gasteiger partial charge >= 0.3 is 0 Å². The Morgan fingerprint density at radius 3 is 2.48 bits per heavy atom. The highest BCUT2D eigenvalue weighted by atomic mass is 32.2. The number of hydrogen-bond acceptors (Lipinski definition) is 9. The van der Waals surface area contributed by atoms with Crippen molar-refractivity contribution in [3.63, 3.8) is 0 Å². The Labute approximate surface area is 183 Å². The molecule has 2 aromatic heterocycles. The fourth-order valence-electron chi connectivity index (χ4n) is 3.17. The van der Waals surface area contributed by atoms with Crippen molar-refractivity contribution in [2.24, 2.45) is 9.98 Å². The van der Waals surface area contributed by atoms with E-state index in [1.165, 1.54) is 23.9 Å². The smallest absolute Gasteiger partial charge is 0.213 e. The first-order valence-electron chi connectivity index (χ1n) is 9.35. The predicted molar refractivity (Wildman–Crippen MR) is 122 cm³/mol. The van der Waals surface area contributed by atoms with Crippen LogP contribution in [0.3, 0.4) is 0 Å². The molecule has 1 aliphatic rings. The van der Waals surface area contributed by atoms with Gasteiger partial charge in [-0.3, -0.25) is 0 Å². The van der Waals surface area contributed by atoms with E-state index in [2.05, 4.69) is 19.9 Å². The van der Waals surface area contributed by atoms with Crippen molar-refractivity contribution in [1.82, 2.24) is 15.0 Å². The molecule has 0 spiro atoms. The number of anilines is 2. The van der Waals surface area contributed by atoms with Crippen molar-refractivity contribution in [3.8, 4) is 17.3 Å². The van der Waals surface area contributed by atoms with Gasteiger partial charge in [0.15, 0.2) is 17.2 Å². The second-order valence-electron chi connectivity index (χ2n) is 6.62. The standard InChI is InChI=1S/C21H20FN7OS/c1-12-26-21(31-3)28-20(29(12)15-8-9-17(30-2)24-10-15)16-11-25-19(27-18(16)23)13-4-6-14(22)7-5-13/h4-11,20H,1-3H3,(H2,23,25,27). The van der Waals surface area contributed by atoms with Crippen LogP contribution in [0, 0.1) is 5.82 Å². The number of aromatic nitrogens is 3. The number of halogens is 1. The quantitative estimate of drug-likeness (QED) is 0.660. The van der Waals surface area contributed by atoms with Crippen molar-refractivity contribution in [1.29, 1.82) is 0 Å². The number of nitrogens with zero attached hydrogens (tertiary/aromatic N) is 6. The molecule has 0 fully saturated rings. The summed E-state index contributed by atoms with van der Waals surface area (Å²) < 4.78 is 18.4. The van der Waals surface area contributed by atoms with Gasteiger partial charge in [-0.25, -0.2) is 29.3 Å². The van der Waals surface area contributed by atoms with Crippen LogP contribution in [-0.2, 0) is 0 Å². The Bertz CT molecular complexity index is 1150. The summed E-state index contributed by atoms with van der Waals surface area (Å²) in [4.78, 5) is 24.4. The minimum absolute atomic E-state index is 0.282. The highest BCUT2D eigenvalue weighted by molar-refractivity contribution is 8.13. The lowest BCUT2D eigenvalue weighted by atomic mass is 10.1. The average Bonchev–Trinajstić information content (AvgIpc) is 2.79. The molecule has 0 saturated carbocycles. The molecule has 0 bridgehead atoms. The van der Waals surface area contributed by atoms with E-state index in [1.807, 2.05) is 24.1 Å². The van der Waals surface area contributed by atoms with E-state index >= 15 is 0 Å². The van der Waals surface area contributed by atoms with E-state index in [0.717, 1.165) is 11.5 Å². The van der Waals surface area contributed by atoms with Crippen LogP contribution in [0.2, 0.25) is 0 Å². The molecule has 1 aliphatic heterocycles. The topological polar surface area (TPSA) is 102 Å². The maximum atomic E-state index is 13.2. The number of ether oxygens (including phenoxy) is 1. The van der Waals surface area contributed by atoms with E-state index in [1.54, 1.807) is 37.7 Å². The minimum Gasteiger partial charge on any atom is -0.481 e. The van der Waals surface area contributed by atoms with Gasteiger partial charge in [0, 0.05) is 17.8 Å². The van der Waals surface area contributed by atoms with Crippen LogP contribution in [-0.4, -0.2) is 39.3 Å². The van der Waals surface area contributed by atoms with Gasteiger partial charge in [0.05, 0.1) is 24.6 Å². The summed E-state index contributed by atoms with van der Waals surface area (Å²) in [6.07, 6.45) is 4.73. The molecule has 158 valence electrons. The van der Waals surface area contributed by atoms with E-state index in [-0.39, 0.29) is 11.6 Å². The summed E-state index contributed by atoms with van der Waals surface area (Å²) >= 11 is 1.44. The van der Waals surface area contributed by atoms with E-state index in [9.17, 15) is 4.39 Å². The Balaban J connectivity index is 1.75. The van der Waals surface area contributed by atoms with Gasteiger partial charge in [-0.2, -0.15) is 0 Å². The number of pyridine rings is 1. The lowest BCUT2D eigenvalue weighted by Crippen LogP contribution is -2.36. The summed E-state index contributed by atoms with van der Waals surface area (Å²) in [6, 6.07) is 9.59. The van der Waals surface area contributed by atoms with E-state index in [4.69, 9.17) is 15.5 Å². The number of nitrogens with two attached hydrogens (primary N) is 1. The SMILES string of the molecule is COc1ccc(N2C(C)=NC(SC)=NC2c2cnc(-c3ccc(F)cc3)nc2N)cn1. The lowest BCUT2D eigenvalue weighted by molar-refractivity contribution is 0.398. The summed E-state index contributed by atoms with van der Waals surface area (Å²) in [7, 11) is 1.56. The summed E-state index contributed by atoms with van der Waals surface area (Å²) in [5.74, 6) is 1.61. The number of hydrogen-bond donors (Lipinski definition) is 1. The van der Waals surface area contributed by atoms with Crippen LogP contribution in [0.5, 0.6) is 5.88 Å². The number of nitrogen functional groups attached to an aromatic ring is 1. The van der Waals surface area contributed by atoms with Crippen molar-refractivity contribution in [2.45, 2.75) is 13.1 Å². The maximum absolute atomic E-state index is 13.2. The number of thioether (sulfide) groups is 1. The number of methoxy groups -OCH3 is 1. The van der Waals surface area contributed by atoms with Gasteiger partial charge in [-0.15, -0.1) is 0 Å². The Morgan fingerprint density at radius 1 is 1.10 bits per heavy atom. The fourth-order valence-corrected chi connectivity index (χ4v) is 3.60. The third-order valence-electron chi connectivity index (χ3n) is 4.70. The number of amidine groups is 2. The first-order chi connectivity index (χ1) is 15.0. The minimum atomic E-state index is -0.516. The molecular weight excluding hydrogens is 417 g/mol. The van der Waals surface area contributed by atoms with Crippen molar-refractivity contribution in [2.75, 3.05) is 24.0 Å². The maximum Gasteiger partial charge on any atom is 0.213 e. The Hall–Kier alpha value is -3.53. The predicted octanol–water partition coefficient (Wildman–Crippen LogP) is 3.92. The molecular formula is C21H20FN7OS. The molecule has 10 heteroatoms. The van der Waals surface area contributed by atoms with Crippen LogP contribution in [0.1, 0.15) is 18.7 Å². The van der Waals surface area contributed by atoms with E-state index in [0.29, 0.717) is 28.0 Å². The Kier molecular flexibility index (Phi) is 5.81. The van der Waals surface area contributed by atoms with Crippen LogP contribution >= 0.6 is 11.8 Å². The van der Waals surface area contributed by atoms with Gasteiger partial charge in [0.1, 0.15) is 17.5 Å². The highest BCUT2D eigenvalue weighted by Gasteiger charge is 2.30. The summed E-state index contributed by atoms with van der Waals surface area (Å²) in [5, 5.41) is 0.627. The summed E-state index contributed by atoms with van der Waals surface area (Å²) in [6.45, 7) is 1.89. The van der Waals surface area contributed by atoms with Crippen molar-refractivity contribution in [3.05, 3.63) is 60.2 Å². The van der Waals surface area contributed by atoms with Crippen molar-refractivity contribution < 1.29 is 9.13 Å². The fraction of sp³-hybridized carbons (Fsp3) is 0.190. The zero-order valence-electron chi connectivity index (χ0n) is 17.2. The molecule has 1 atom stereocenters. The molecule has 3 aromatic rings. The van der Waals surface area contributed by atoms with Crippen LogP contribution < -0.4 is 15.4 Å². The molecule has 1 unspecified atom stereocenters. The van der Waals surface area contributed by atoms with Crippen LogP contribution in [0.15, 0.2) is 58.8 Å². The number of rotatable bonds is 4. The molecule has 3 heterocycles. The van der Waals surface area contributed by atoms with Crippen molar-refractivity contribution >= 4 is 34.3 Å². The molecule has 31 heavy (non-hydrogen) atoms. The van der Waals surface area contributed by atoms with Gasteiger partial charge in [0.25, 0.3) is 0 Å². The monoisotopic (exact) mass is 437 g/mol. The highest BCUT2D eigenvalue weighted by Crippen LogP contribution is 2.35. The largest absolute Gasteiger partial charge is 0.481 e. The van der Waals surface area contributed by atoms with Gasteiger partial charge in [-0.1, -0.05) is 11.8 Å². The lowest BCUT2D eigenvalue weighted by Gasteiger charge is -2.33. The second-order valence-corrected chi connectivity index (χ2v) is 7.39. The Morgan fingerprint density at radius 2 is 1.87 bits per heavy atom. The van der Waals surface area contributed by atoms with Crippen LogP contribution in [0.4, 0.5) is 15.9 Å². The molecule has 2 N–H and O–H groups in total. The molecule has 0 saturated heterocycles. The summed E-state index contributed by atoms with van der Waals surface area (Å²) in [5.41, 5.74) is 8.41. The normalized spacial score (nSPS) is 16.0. The van der Waals surface area contributed by atoms with E-state index < -0.39 is 6.17 Å². The first-order valence-corrected chi connectivity index (χ1v) is 10.6. The second kappa shape index (κ2) is 8.68. The third-order valence-corrected chi connectivity index (χ3v) is 5.26. The van der Waals surface area contributed by atoms with Gasteiger partial charge in [0.2, 0.25) is 5.88 Å². The first kappa shape index (κ1) is 20.7. The molecule has 0 amide bonds. The van der Waals surface area contributed by atoms with Gasteiger partial charge in [-0.05, 0) is 43.5 Å². The van der Waals surface area contributed by atoms with Gasteiger partial charge < -0.3 is 15.4 Å². The molecule has 1 aromatic carbocycles. The number of benzene rings is 1. The average molecular weight is 438 g/mol.